The van der Waals surface area contributed by atoms with E-state index >= 15 is 0 Å². The lowest BCUT2D eigenvalue weighted by Crippen LogP contribution is -2.12. The molecule has 26 heavy (non-hydrogen) atoms. The Hall–Kier alpha value is -1.81. The fourth-order valence-corrected chi connectivity index (χ4v) is 3.37. The normalized spacial score (nSPS) is 11.3. The number of hydrogen-bond acceptors (Lipinski definition) is 3. The van der Waals surface area contributed by atoms with Crippen molar-refractivity contribution in [1.29, 1.82) is 0 Å². The summed E-state index contributed by atoms with van der Waals surface area (Å²) in [4.78, 5) is 12.1. The van der Waals surface area contributed by atoms with E-state index in [1.54, 1.807) is 0 Å². The van der Waals surface area contributed by atoms with Crippen LogP contribution in [0.1, 0.15) is 50.3 Å². The molecular weight excluding hydrogens is 392 g/mol. The largest absolute Gasteiger partial charge is 0.494 e. The molecule has 0 heterocycles. The Balaban J connectivity index is 1.79. The second-order valence-corrected chi connectivity index (χ2v) is 8.48. The summed E-state index contributed by atoms with van der Waals surface area (Å²) in [6.45, 7) is 10.9. The molecule has 0 aliphatic heterocycles. The van der Waals surface area contributed by atoms with Crippen molar-refractivity contribution in [2.75, 3.05) is 6.61 Å². The van der Waals surface area contributed by atoms with Crippen LogP contribution in [0.15, 0.2) is 40.9 Å². The third-order valence-electron chi connectivity index (χ3n) is 4.16. The zero-order valence-corrected chi connectivity index (χ0v) is 17.8. The van der Waals surface area contributed by atoms with Gasteiger partial charge in [-0.05, 0) is 66.6 Å². The molecule has 0 aromatic heterocycles. The summed E-state index contributed by atoms with van der Waals surface area (Å²) >= 11 is 3.44. The maximum absolute atomic E-state index is 12.1. The number of carbonyl (C=O) groups excluding carboxylic acids is 1. The second-order valence-electron chi connectivity index (χ2n) is 7.57. The fraction of sp³-hybridized carbons (Fsp3) is 0.409. The molecule has 2 aromatic carbocycles. The minimum absolute atomic E-state index is 0.131. The summed E-state index contributed by atoms with van der Waals surface area (Å²) in [7, 11) is 0. The summed E-state index contributed by atoms with van der Waals surface area (Å²) in [5.41, 5.74) is 3.29. The molecule has 140 valence electrons. The van der Waals surface area contributed by atoms with Crippen LogP contribution in [0.25, 0.3) is 0 Å². The SMILES string of the molecule is Cc1cc(Br)cc(C)c1OC(=O)CCCOc1ccc(C(C)(C)C)cc1. The summed E-state index contributed by atoms with van der Waals surface area (Å²) in [5, 5.41) is 0. The van der Waals surface area contributed by atoms with Crippen LogP contribution in [0.2, 0.25) is 0 Å². The standard InChI is InChI=1S/C22H27BrO3/c1-15-13-18(23)14-16(2)21(15)26-20(24)7-6-12-25-19-10-8-17(9-11-19)22(3,4)5/h8-11,13-14H,6-7,12H2,1-5H3. The number of carbonyl (C=O) groups is 1. The Kier molecular flexibility index (Phi) is 6.87. The quantitative estimate of drug-likeness (QED) is 0.321. The lowest BCUT2D eigenvalue weighted by Gasteiger charge is -2.19. The molecule has 0 fully saturated rings. The van der Waals surface area contributed by atoms with E-state index in [-0.39, 0.29) is 11.4 Å². The molecule has 0 amide bonds. The highest BCUT2D eigenvalue weighted by atomic mass is 79.9. The van der Waals surface area contributed by atoms with Crippen molar-refractivity contribution in [2.45, 2.75) is 52.9 Å². The van der Waals surface area contributed by atoms with Crippen LogP contribution < -0.4 is 9.47 Å². The van der Waals surface area contributed by atoms with Crippen molar-refractivity contribution in [1.82, 2.24) is 0 Å². The molecule has 0 radical (unpaired) electrons. The monoisotopic (exact) mass is 418 g/mol. The zero-order valence-electron chi connectivity index (χ0n) is 16.2. The Morgan fingerprint density at radius 3 is 2.15 bits per heavy atom. The molecule has 0 spiro atoms. The van der Waals surface area contributed by atoms with Crippen molar-refractivity contribution in [3.63, 3.8) is 0 Å². The van der Waals surface area contributed by atoms with Gasteiger partial charge in [-0.15, -0.1) is 0 Å². The maximum Gasteiger partial charge on any atom is 0.311 e. The van der Waals surface area contributed by atoms with Gasteiger partial charge >= 0.3 is 5.97 Å². The smallest absolute Gasteiger partial charge is 0.311 e. The van der Waals surface area contributed by atoms with Gasteiger partial charge in [-0.2, -0.15) is 0 Å². The average molecular weight is 419 g/mol. The van der Waals surface area contributed by atoms with Gasteiger partial charge in [0.15, 0.2) is 0 Å². The molecule has 0 aliphatic rings. The predicted molar refractivity (Wildman–Crippen MR) is 109 cm³/mol. The Morgan fingerprint density at radius 2 is 1.62 bits per heavy atom. The van der Waals surface area contributed by atoms with Gasteiger partial charge in [-0.3, -0.25) is 4.79 Å². The summed E-state index contributed by atoms with van der Waals surface area (Å²) in [5.74, 6) is 1.24. The number of benzene rings is 2. The van der Waals surface area contributed by atoms with Crippen molar-refractivity contribution >= 4 is 21.9 Å². The molecule has 0 aliphatic carbocycles. The zero-order chi connectivity index (χ0) is 19.3. The summed E-state index contributed by atoms with van der Waals surface area (Å²) in [6.07, 6.45) is 0.948. The molecule has 2 aromatic rings. The van der Waals surface area contributed by atoms with Gasteiger partial charge in [-0.1, -0.05) is 48.8 Å². The Labute approximate surface area is 164 Å². The summed E-state index contributed by atoms with van der Waals surface area (Å²) < 4.78 is 12.2. The fourth-order valence-electron chi connectivity index (χ4n) is 2.68. The number of rotatable bonds is 6. The van der Waals surface area contributed by atoms with E-state index in [0.29, 0.717) is 25.2 Å². The lowest BCUT2D eigenvalue weighted by molar-refractivity contribution is -0.134. The molecule has 0 atom stereocenters. The van der Waals surface area contributed by atoms with Gasteiger partial charge in [0, 0.05) is 10.9 Å². The molecule has 0 saturated heterocycles. The number of esters is 1. The third-order valence-corrected chi connectivity index (χ3v) is 4.61. The van der Waals surface area contributed by atoms with E-state index in [9.17, 15) is 4.79 Å². The van der Waals surface area contributed by atoms with E-state index in [1.807, 2.05) is 38.1 Å². The van der Waals surface area contributed by atoms with Crippen LogP contribution in [-0.4, -0.2) is 12.6 Å². The minimum atomic E-state index is -0.231. The highest BCUT2D eigenvalue weighted by molar-refractivity contribution is 9.10. The lowest BCUT2D eigenvalue weighted by atomic mass is 9.87. The molecule has 0 bridgehead atoms. The maximum atomic E-state index is 12.1. The first-order chi connectivity index (χ1) is 12.2. The topological polar surface area (TPSA) is 35.5 Å². The van der Waals surface area contributed by atoms with Gasteiger partial charge < -0.3 is 9.47 Å². The van der Waals surface area contributed by atoms with Gasteiger partial charge in [0.1, 0.15) is 11.5 Å². The van der Waals surface area contributed by atoms with Crippen molar-refractivity contribution in [3.8, 4) is 11.5 Å². The highest BCUT2D eigenvalue weighted by Gasteiger charge is 2.13. The number of hydrogen-bond donors (Lipinski definition) is 0. The van der Waals surface area contributed by atoms with Crippen LogP contribution in [-0.2, 0) is 10.2 Å². The first-order valence-corrected chi connectivity index (χ1v) is 9.67. The van der Waals surface area contributed by atoms with Crippen LogP contribution in [0.4, 0.5) is 0 Å². The summed E-state index contributed by atoms with van der Waals surface area (Å²) in [6, 6.07) is 12.0. The average Bonchev–Trinajstić information content (AvgIpc) is 2.54. The van der Waals surface area contributed by atoms with E-state index in [0.717, 1.165) is 21.3 Å². The van der Waals surface area contributed by atoms with E-state index in [2.05, 4.69) is 48.8 Å². The van der Waals surface area contributed by atoms with E-state index in [1.165, 1.54) is 5.56 Å². The molecule has 4 heteroatoms. The first-order valence-electron chi connectivity index (χ1n) is 8.87. The van der Waals surface area contributed by atoms with Gasteiger partial charge in [0.05, 0.1) is 6.61 Å². The minimum Gasteiger partial charge on any atom is -0.494 e. The first kappa shape index (κ1) is 20.5. The number of ether oxygens (including phenoxy) is 2. The van der Waals surface area contributed by atoms with Crippen LogP contribution in [0.3, 0.4) is 0 Å². The highest BCUT2D eigenvalue weighted by Crippen LogP contribution is 2.28. The third kappa shape index (κ3) is 5.87. The van der Waals surface area contributed by atoms with E-state index < -0.39 is 0 Å². The van der Waals surface area contributed by atoms with Crippen molar-refractivity contribution in [3.05, 3.63) is 57.6 Å². The Bertz CT molecular complexity index is 735. The van der Waals surface area contributed by atoms with Crippen molar-refractivity contribution < 1.29 is 14.3 Å². The van der Waals surface area contributed by atoms with Gasteiger partial charge in [-0.25, -0.2) is 0 Å². The molecule has 0 N–H and O–H groups in total. The molecular formula is C22H27BrO3. The van der Waals surface area contributed by atoms with Crippen molar-refractivity contribution in [2.24, 2.45) is 0 Å². The Morgan fingerprint density at radius 1 is 1.04 bits per heavy atom. The van der Waals surface area contributed by atoms with Gasteiger partial charge in [0.25, 0.3) is 0 Å². The van der Waals surface area contributed by atoms with Gasteiger partial charge in [0.2, 0.25) is 0 Å². The van der Waals surface area contributed by atoms with Crippen LogP contribution in [0, 0.1) is 13.8 Å². The van der Waals surface area contributed by atoms with E-state index in [4.69, 9.17) is 9.47 Å². The predicted octanol–water partition coefficient (Wildman–Crippen LogP) is 6.13. The van der Waals surface area contributed by atoms with Crippen LogP contribution in [0.5, 0.6) is 11.5 Å². The molecule has 2 rings (SSSR count). The second kappa shape index (κ2) is 8.72. The molecule has 3 nitrogen and oxygen atoms in total. The van der Waals surface area contributed by atoms with Crippen LogP contribution >= 0.6 is 15.9 Å². The molecule has 0 unspecified atom stereocenters. The molecule has 0 saturated carbocycles. The number of aryl methyl sites for hydroxylation is 2. The number of halogens is 1.